The monoisotopic (exact) mass is 249 g/mol. The molecule has 2 aromatic rings. The third kappa shape index (κ3) is 1.92. The van der Waals surface area contributed by atoms with E-state index in [1.807, 2.05) is 0 Å². The molecule has 1 aliphatic carbocycles. The van der Waals surface area contributed by atoms with Crippen LogP contribution in [-0.4, -0.2) is 9.36 Å². The van der Waals surface area contributed by atoms with Gasteiger partial charge < -0.3 is 5.73 Å². The highest BCUT2D eigenvalue weighted by Crippen LogP contribution is 2.31. The number of aromatic nitrogens is 2. The molecule has 0 bridgehead atoms. The summed E-state index contributed by atoms with van der Waals surface area (Å²) < 4.78 is 4.17. The maximum Gasteiger partial charge on any atom is 0.206 e. The van der Waals surface area contributed by atoms with Gasteiger partial charge in [-0.2, -0.15) is 9.36 Å². The van der Waals surface area contributed by atoms with E-state index >= 15 is 0 Å². The number of aryl methyl sites for hydroxylation is 2. The van der Waals surface area contributed by atoms with Gasteiger partial charge in [-0.05, 0) is 54.3 Å². The van der Waals surface area contributed by atoms with Gasteiger partial charge in [0, 0.05) is 16.4 Å². The van der Waals surface area contributed by atoms with Crippen LogP contribution in [0.4, 0.5) is 5.13 Å². The Morgan fingerprint density at radius 3 is 2.94 bits per heavy atom. The van der Waals surface area contributed by atoms with Crippen molar-refractivity contribution in [2.45, 2.75) is 29.3 Å². The van der Waals surface area contributed by atoms with Crippen LogP contribution < -0.4 is 5.73 Å². The average molecular weight is 249 g/mol. The van der Waals surface area contributed by atoms with E-state index in [1.54, 1.807) is 11.8 Å². The van der Waals surface area contributed by atoms with Gasteiger partial charge in [0.05, 0.1) is 0 Å². The average Bonchev–Trinajstić information content (AvgIpc) is 2.87. The van der Waals surface area contributed by atoms with Crippen LogP contribution in [0, 0.1) is 0 Å². The molecule has 3 rings (SSSR count). The van der Waals surface area contributed by atoms with Gasteiger partial charge in [0.1, 0.15) is 0 Å². The number of hydrogen-bond acceptors (Lipinski definition) is 5. The van der Waals surface area contributed by atoms with Gasteiger partial charge in [0.25, 0.3) is 0 Å². The minimum Gasteiger partial charge on any atom is -0.374 e. The summed E-state index contributed by atoms with van der Waals surface area (Å²) in [5, 5.41) is 1.28. The van der Waals surface area contributed by atoms with Crippen LogP contribution in [0.1, 0.15) is 17.5 Å². The van der Waals surface area contributed by atoms with Gasteiger partial charge in [-0.3, -0.25) is 0 Å². The first kappa shape index (κ1) is 10.1. The molecule has 1 heterocycles. The van der Waals surface area contributed by atoms with Crippen LogP contribution in [0.2, 0.25) is 0 Å². The smallest absolute Gasteiger partial charge is 0.206 e. The fourth-order valence-electron chi connectivity index (χ4n) is 1.98. The SMILES string of the molecule is Nc1nc(Sc2ccc3c(c2)CCC3)ns1. The molecular formula is C11H11N3S2. The van der Waals surface area contributed by atoms with Crippen molar-refractivity contribution in [2.75, 3.05) is 5.73 Å². The predicted octanol–water partition coefficient (Wildman–Crippen LogP) is 2.76. The van der Waals surface area contributed by atoms with Crippen molar-refractivity contribution < 1.29 is 0 Å². The number of hydrogen-bond donors (Lipinski definition) is 1. The molecule has 16 heavy (non-hydrogen) atoms. The molecule has 2 N–H and O–H groups in total. The standard InChI is InChI=1S/C11H11N3S2/c12-10-13-11(14-16-10)15-9-5-4-7-2-1-3-8(7)6-9/h4-6H,1-3H2,(H2,12,13,14). The van der Waals surface area contributed by atoms with Gasteiger partial charge in [-0.1, -0.05) is 6.07 Å². The second-order valence-electron chi connectivity index (χ2n) is 3.80. The Hall–Kier alpha value is -1.07. The highest BCUT2D eigenvalue weighted by Gasteiger charge is 2.12. The lowest BCUT2D eigenvalue weighted by Crippen LogP contribution is -1.84. The number of anilines is 1. The molecule has 0 fully saturated rings. The number of rotatable bonds is 2. The molecule has 0 amide bonds. The number of nitrogens with two attached hydrogens (primary N) is 1. The molecule has 0 aliphatic heterocycles. The van der Waals surface area contributed by atoms with Crippen molar-refractivity contribution in [2.24, 2.45) is 0 Å². The van der Waals surface area contributed by atoms with Crippen molar-refractivity contribution in [1.29, 1.82) is 0 Å². The predicted molar refractivity (Wildman–Crippen MR) is 66.9 cm³/mol. The third-order valence-corrected chi connectivity index (χ3v) is 4.22. The van der Waals surface area contributed by atoms with E-state index in [2.05, 4.69) is 27.6 Å². The summed E-state index contributed by atoms with van der Waals surface area (Å²) in [6, 6.07) is 6.62. The summed E-state index contributed by atoms with van der Waals surface area (Å²) in [5.74, 6) is 0. The largest absolute Gasteiger partial charge is 0.374 e. The maximum absolute atomic E-state index is 5.55. The number of nitrogens with zero attached hydrogens (tertiary/aromatic N) is 2. The molecule has 1 aromatic heterocycles. The molecule has 3 nitrogen and oxygen atoms in total. The van der Waals surface area contributed by atoms with Crippen LogP contribution in [0.3, 0.4) is 0 Å². The normalized spacial score (nSPS) is 14.0. The second kappa shape index (κ2) is 4.07. The van der Waals surface area contributed by atoms with Gasteiger partial charge in [0.2, 0.25) is 10.3 Å². The summed E-state index contributed by atoms with van der Waals surface area (Å²) in [6.07, 6.45) is 3.71. The maximum atomic E-state index is 5.55. The number of fused-ring (bicyclic) bond motifs is 1. The third-order valence-electron chi connectivity index (χ3n) is 2.70. The first-order valence-electron chi connectivity index (χ1n) is 5.20. The van der Waals surface area contributed by atoms with E-state index in [0.29, 0.717) is 5.13 Å². The Kier molecular flexibility index (Phi) is 2.57. The highest BCUT2D eigenvalue weighted by atomic mass is 32.2. The van der Waals surface area contributed by atoms with E-state index in [1.165, 1.54) is 46.8 Å². The Balaban J connectivity index is 1.85. The Morgan fingerprint density at radius 2 is 2.12 bits per heavy atom. The lowest BCUT2D eigenvalue weighted by Gasteiger charge is -2.01. The number of nitrogen functional groups attached to an aromatic ring is 1. The Bertz CT molecular complexity index is 522. The summed E-state index contributed by atoms with van der Waals surface area (Å²) >= 11 is 2.83. The topological polar surface area (TPSA) is 51.8 Å². The van der Waals surface area contributed by atoms with E-state index < -0.39 is 0 Å². The van der Waals surface area contributed by atoms with Gasteiger partial charge >= 0.3 is 0 Å². The van der Waals surface area contributed by atoms with Crippen LogP contribution in [-0.2, 0) is 12.8 Å². The molecule has 0 spiro atoms. The molecule has 0 radical (unpaired) electrons. The quantitative estimate of drug-likeness (QED) is 0.889. The molecule has 1 aliphatic rings. The molecule has 82 valence electrons. The molecule has 5 heteroatoms. The van der Waals surface area contributed by atoms with Crippen LogP contribution in [0.25, 0.3) is 0 Å². The minimum absolute atomic E-state index is 0.531. The van der Waals surface area contributed by atoms with E-state index in [9.17, 15) is 0 Å². The van der Waals surface area contributed by atoms with Crippen molar-refractivity contribution in [3.8, 4) is 0 Å². The fraction of sp³-hybridized carbons (Fsp3) is 0.273. The zero-order valence-electron chi connectivity index (χ0n) is 8.64. The highest BCUT2D eigenvalue weighted by molar-refractivity contribution is 7.99. The molecular weight excluding hydrogens is 238 g/mol. The summed E-state index contributed by atoms with van der Waals surface area (Å²) in [7, 11) is 0. The van der Waals surface area contributed by atoms with Gasteiger partial charge in [0.15, 0.2) is 0 Å². The van der Waals surface area contributed by atoms with Crippen molar-refractivity contribution >= 4 is 28.4 Å². The van der Waals surface area contributed by atoms with Crippen LogP contribution in [0.15, 0.2) is 28.3 Å². The summed E-state index contributed by atoms with van der Waals surface area (Å²) in [5.41, 5.74) is 8.53. The van der Waals surface area contributed by atoms with Gasteiger partial charge in [-0.15, -0.1) is 0 Å². The molecule has 0 saturated heterocycles. The van der Waals surface area contributed by atoms with E-state index in [-0.39, 0.29) is 0 Å². The first-order chi connectivity index (χ1) is 7.81. The fourth-order valence-corrected chi connectivity index (χ4v) is 3.33. The Morgan fingerprint density at radius 1 is 1.25 bits per heavy atom. The lowest BCUT2D eigenvalue weighted by molar-refractivity contribution is 0.911. The number of benzene rings is 1. The van der Waals surface area contributed by atoms with E-state index in [0.717, 1.165) is 5.16 Å². The Labute approximate surface area is 102 Å². The van der Waals surface area contributed by atoms with Gasteiger partial charge in [-0.25, -0.2) is 0 Å². The lowest BCUT2D eigenvalue weighted by atomic mass is 10.1. The summed E-state index contributed by atoms with van der Waals surface area (Å²) in [6.45, 7) is 0. The van der Waals surface area contributed by atoms with Crippen molar-refractivity contribution in [1.82, 2.24) is 9.36 Å². The molecule has 0 unspecified atom stereocenters. The molecule has 0 atom stereocenters. The molecule has 1 aromatic carbocycles. The zero-order chi connectivity index (χ0) is 11.0. The van der Waals surface area contributed by atoms with Crippen LogP contribution >= 0.6 is 23.3 Å². The first-order valence-corrected chi connectivity index (χ1v) is 6.79. The van der Waals surface area contributed by atoms with E-state index in [4.69, 9.17) is 5.73 Å². The second-order valence-corrected chi connectivity index (χ2v) is 5.63. The molecule has 0 saturated carbocycles. The van der Waals surface area contributed by atoms with Crippen LogP contribution in [0.5, 0.6) is 0 Å². The summed E-state index contributed by atoms with van der Waals surface area (Å²) in [4.78, 5) is 5.35. The van der Waals surface area contributed by atoms with Crippen molar-refractivity contribution in [3.05, 3.63) is 29.3 Å². The van der Waals surface area contributed by atoms with Crippen molar-refractivity contribution in [3.63, 3.8) is 0 Å². The minimum atomic E-state index is 0.531. The zero-order valence-corrected chi connectivity index (χ0v) is 10.3.